The number of hydrogen-bond donors (Lipinski definition) is 1. The molecule has 0 saturated carbocycles. The molecule has 1 N–H and O–H groups in total. The molecule has 0 aromatic carbocycles. The molecule has 0 unspecified atom stereocenters. The Morgan fingerprint density at radius 2 is 2.17 bits per heavy atom. The molecule has 0 saturated heterocycles. The van der Waals surface area contributed by atoms with Crippen LogP contribution in [0.5, 0.6) is 5.88 Å². The van der Waals surface area contributed by atoms with Gasteiger partial charge in [0.15, 0.2) is 0 Å². The van der Waals surface area contributed by atoms with Crippen molar-refractivity contribution in [2.45, 2.75) is 20.0 Å². The Labute approximate surface area is 106 Å². The lowest BCUT2D eigenvalue weighted by Crippen LogP contribution is -2.16. The monoisotopic (exact) mass is 282 g/mol. The third-order valence-corrected chi connectivity index (χ3v) is 2.10. The number of nitrogens with one attached hydrogen (secondary N) is 1. The lowest BCUT2D eigenvalue weighted by molar-refractivity contribution is -0.137. The van der Waals surface area contributed by atoms with Crippen LogP contribution in [0.4, 0.5) is 19.0 Å². The third kappa shape index (κ3) is 3.49. The highest BCUT2D eigenvalue weighted by molar-refractivity contribution is 6.32. The van der Waals surface area contributed by atoms with Crippen LogP contribution in [0.2, 0.25) is 5.02 Å². The maximum atomic E-state index is 12.7. The number of amides is 1. The topological polar surface area (TPSA) is 51.2 Å². The highest BCUT2D eigenvalue weighted by Crippen LogP contribution is 2.38. The number of anilines is 1. The lowest BCUT2D eigenvalue weighted by atomic mass is 10.2. The van der Waals surface area contributed by atoms with Gasteiger partial charge in [0.25, 0.3) is 0 Å². The van der Waals surface area contributed by atoms with E-state index in [-0.39, 0.29) is 17.5 Å². The van der Waals surface area contributed by atoms with Gasteiger partial charge in [0.05, 0.1) is 6.61 Å². The standard InChI is InChI=1S/C10H10ClF3N2O2/c1-3-18-9-7(11)4-6(10(12,13)14)8(16-9)15-5(2)17/h4H,3H2,1-2H3,(H,15,16,17). The number of alkyl halides is 3. The van der Waals surface area contributed by atoms with Crippen molar-refractivity contribution in [3.8, 4) is 5.88 Å². The van der Waals surface area contributed by atoms with E-state index < -0.39 is 23.5 Å². The molecule has 1 heterocycles. The number of carbonyl (C=O) groups excluding carboxylic acids is 1. The summed E-state index contributed by atoms with van der Waals surface area (Å²) in [6.45, 7) is 2.90. The second-order valence-corrected chi connectivity index (χ2v) is 3.69. The molecule has 4 nitrogen and oxygen atoms in total. The van der Waals surface area contributed by atoms with E-state index in [0.717, 1.165) is 6.92 Å². The van der Waals surface area contributed by atoms with Gasteiger partial charge in [-0.15, -0.1) is 0 Å². The Morgan fingerprint density at radius 1 is 1.56 bits per heavy atom. The molecule has 0 fully saturated rings. The van der Waals surface area contributed by atoms with Crippen molar-refractivity contribution in [2.75, 3.05) is 11.9 Å². The van der Waals surface area contributed by atoms with E-state index in [1.165, 1.54) is 0 Å². The van der Waals surface area contributed by atoms with E-state index in [0.29, 0.717) is 6.07 Å². The zero-order valence-electron chi connectivity index (χ0n) is 9.56. The Hall–Kier alpha value is -1.50. The molecule has 1 aromatic heterocycles. The van der Waals surface area contributed by atoms with Crippen LogP contribution in [0.15, 0.2) is 6.07 Å². The molecule has 0 atom stereocenters. The second-order valence-electron chi connectivity index (χ2n) is 3.28. The van der Waals surface area contributed by atoms with Gasteiger partial charge in [0, 0.05) is 6.92 Å². The molecule has 8 heteroatoms. The predicted molar refractivity (Wildman–Crippen MR) is 59.7 cm³/mol. The Balaban J connectivity index is 3.32. The minimum Gasteiger partial charge on any atom is -0.477 e. The number of pyridine rings is 1. The van der Waals surface area contributed by atoms with Crippen molar-refractivity contribution in [3.05, 3.63) is 16.7 Å². The molecule has 1 rings (SSSR count). The van der Waals surface area contributed by atoms with Gasteiger partial charge in [0.1, 0.15) is 16.4 Å². The van der Waals surface area contributed by atoms with E-state index in [1.807, 2.05) is 5.32 Å². The minimum absolute atomic E-state index is 0.157. The van der Waals surface area contributed by atoms with Crippen LogP contribution in [0, 0.1) is 0 Å². The van der Waals surface area contributed by atoms with Crippen molar-refractivity contribution < 1.29 is 22.7 Å². The van der Waals surface area contributed by atoms with Crippen molar-refractivity contribution in [2.24, 2.45) is 0 Å². The molecule has 0 bridgehead atoms. The Morgan fingerprint density at radius 3 is 2.61 bits per heavy atom. The van der Waals surface area contributed by atoms with Gasteiger partial charge in [0.2, 0.25) is 11.8 Å². The molecule has 100 valence electrons. The summed E-state index contributed by atoms with van der Waals surface area (Å²) < 4.78 is 43.1. The number of aromatic nitrogens is 1. The van der Waals surface area contributed by atoms with E-state index in [2.05, 4.69) is 4.98 Å². The summed E-state index contributed by atoms with van der Waals surface area (Å²) in [6, 6.07) is 0.671. The molecular weight excluding hydrogens is 273 g/mol. The van der Waals surface area contributed by atoms with Crippen LogP contribution in [0.1, 0.15) is 19.4 Å². The average Bonchev–Trinajstić information content (AvgIpc) is 2.20. The number of hydrogen-bond acceptors (Lipinski definition) is 3. The average molecular weight is 283 g/mol. The normalized spacial score (nSPS) is 11.2. The first-order chi connectivity index (χ1) is 8.25. The van der Waals surface area contributed by atoms with Gasteiger partial charge in [-0.25, -0.2) is 0 Å². The molecule has 0 aliphatic carbocycles. The fourth-order valence-corrected chi connectivity index (χ4v) is 1.39. The van der Waals surface area contributed by atoms with Crippen molar-refractivity contribution in [1.29, 1.82) is 0 Å². The first-order valence-electron chi connectivity index (χ1n) is 4.93. The molecule has 0 spiro atoms. The second kappa shape index (κ2) is 5.43. The van der Waals surface area contributed by atoms with E-state index in [4.69, 9.17) is 16.3 Å². The SMILES string of the molecule is CCOc1nc(NC(C)=O)c(C(F)(F)F)cc1Cl. The van der Waals surface area contributed by atoms with E-state index in [9.17, 15) is 18.0 Å². The van der Waals surface area contributed by atoms with Crippen LogP contribution in [0.25, 0.3) is 0 Å². The first-order valence-corrected chi connectivity index (χ1v) is 5.31. The van der Waals surface area contributed by atoms with Gasteiger partial charge >= 0.3 is 6.18 Å². The molecule has 1 aromatic rings. The largest absolute Gasteiger partial charge is 0.477 e. The minimum atomic E-state index is -4.67. The van der Waals surface area contributed by atoms with E-state index in [1.54, 1.807) is 6.92 Å². The summed E-state index contributed by atoms with van der Waals surface area (Å²) in [4.78, 5) is 14.4. The zero-order valence-corrected chi connectivity index (χ0v) is 10.3. The van der Waals surface area contributed by atoms with Crippen molar-refractivity contribution >= 4 is 23.3 Å². The first kappa shape index (κ1) is 14.6. The molecule has 0 aliphatic heterocycles. The Bertz CT molecular complexity index is 463. The fraction of sp³-hybridized carbons (Fsp3) is 0.400. The van der Waals surface area contributed by atoms with Crippen LogP contribution in [0.3, 0.4) is 0 Å². The highest BCUT2D eigenvalue weighted by atomic mass is 35.5. The van der Waals surface area contributed by atoms with Crippen LogP contribution >= 0.6 is 11.6 Å². The van der Waals surface area contributed by atoms with Crippen LogP contribution in [-0.4, -0.2) is 17.5 Å². The van der Waals surface area contributed by atoms with Crippen LogP contribution in [-0.2, 0) is 11.0 Å². The number of nitrogens with zero attached hydrogens (tertiary/aromatic N) is 1. The zero-order chi connectivity index (χ0) is 13.9. The third-order valence-electron chi connectivity index (χ3n) is 1.82. The summed E-state index contributed by atoms with van der Waals surface area (Å²) in [7, 11) is 0. The summed E-state index contributed by atoms with van der Waals surface area (Å²) in [5, 5.41) is 1.73. The molecule has 0 radical (unpaired) electrons. The van der Waals surface area contributed by atoms with Gasteiger partial charge < -0.3 is 10.1 Å². The number of rotatable bonds is 3. The quantitative estimate of drug-likeness (QED) is 0.927. The molecule has 0 aliphatic rings. The van der Waals surface area contributed by atoms with Gasteiger partial charge in [-0.05, 0) is 13.0 Å². The maximum Gasteiger partial charge on any atom is 0.420 e. The van der Waals surface area contributed by atoms with Crippen molar-refractivity contribution in [3.63, 3.8) is 0 Å². The van der Waals surface area contributed by atoms with E-state index >= 15 is 0 Å². The number of ether oxygens (including phenoxy) is 1. The smallest absolute Gasteiger partial charge is 0.420 e. The van der Waals surface area contributed by atoms with Crippen molar-refractivity contribution in [1.82, 2.24) is 4.98 Å². The van der Waals surface area contributed by atoms with Gasteiger partial charge in [-0.2, -0.15) is 18.2 Å². The lowest BCUT2D eigenvalue weighted by Gasteiger charge is -2.14. The summed E-state index contributed by atoms with van der Waals surface area (Å²) in [5.74, 6) is -1.45. The highest BCUT2D eigenvalue weighted by Gasteiger charge is 2.36. The molecule has 18 heavy (non-hydrogen) atoms. The summed E-state index contributed by atoms with van der Waals surface area (Å²) in [5.41, 5.74) is -1.12. The number of carbonyl (C=O) groups is 1. The van der Waals surface area contributed by atoms with Gasteiger partial charge in [-0.3, -0.25) is 4.79 Å². The van der Waals surface area contributed by atoms with Gasteiger partial charge in [-0.1, -0.05) is 11.6 Å². The predicted octanol–water partition coefficient (Wildman–Crippen LogP) is 3.11. The fourth-order valence-electron chi connectivity index (χ4n) is 1.19. The van der Waals surface area contributed by atoms with Crippen LogP contribution < -0.4 is 10.1 Å². The molecule has 1 amide bonds. The number of halogens is 4. The summed E-state index contributed by atoms with van der Waals surface area (Å²) >= 11 is 5.62. The molecular formula is C10H10ClF3N2O2. The summed E-state index contributed by atoms with van der Waals surface area (Å²) in [6.07, 6.45) is -4.67. The maximum absolute atomic E-state index is 12.7. The Kier molecular flexibility index (Phi) is 4.39.